The molecule has 1 saturated heterocycles. The number of benzene rings is 1. The predicted molar refractivity (Wildman–Crippen MR) is 180 cm³/mol. The van der Waals surface area contributed by atoms with Gasteiger partial charge in [0.2, 0.25) is 5.82 Å². The Balaban J connectivity index is 0.00000190. The van der Waals surface area contributed by atoms with Crippen LogP contribution < -0.4 is 11.1 Å². The Bertz CT molecular complexity index is 2010. The lowest BCUT2D eigenvalue weighted by Gasteiger charge is -2.32. The lowest BCUT2D eigenvalue weighted by molar-refractivity contribution is 0.211. The van der Waals surface area contributed by atoms with Gasteiger partial charge in [-0.3, -0.25) is 14.5 Å². The summed E-state index contributed by atoms with van der Waals surface area (Å²) >= 11 is 0. The number of nitriles is 1. The van der Waals surface area contributed by atoms with Crippen LogP contribution in [0, 0.1) is 17.1 Å². The summed E-state index contributed by atoms with van der Waals surface area (Å²) in [4.78, 5) is 28.9. The maximum absolute atomic E-state index is 13.5. The molecule has 6 heterocycles. The number of nitrogens with two attached hydrogens (primary N) is 1. The van der Waals surface area contributed by atoms with Crippen LogP contribution in [0.2, 0.25) is 0 Å². The third-order valence-corrected chi connectivity index (χ3v) is 7.87. The number of fused-ring (bicyclic) bond motifs is 1. The molecule has 3 N–H and O–H groups in total. The summed E-state index contributed by atoms with van der Waals surface area (Å²) in [6, 6.07) is 22.9. The second-order valence-corrected chi connectivity index (χ2v) is 10.8. The number of pyridine rings is 3. The number of halogens is 1. The molecule has 5 aromatic heterocycles. The third kappa shape index (κ3) is 6.90. The fraction of sp³-hybridized carbons (Fsp3) is 0.229. The Morgan fingerprint density at radius 2 is 1.68 bits per heavy atom. The van der Waals surface area contributed by atoms with E-state index in [0.29, 0.717) is 51.6 Å². The summed E-state index contributed by atoms with van der Waals surface area (Å²) in [5.41, 5.74) is 11.5. The zero-order valence-electron chi connectivity index (χ0n) is 26.2. The normalized spacial score (nSPS) is 13.5. The molecule has 0 amide bonds. The van der Waals surface area contributed by atoms with Crippen molar-refractivity contribution >= 4 is 22.8 Å². The molecule has 0 saturated carbocycles. The number of imidazole rings is 1. The number of aromatic nitrogens is 7. The molecule has 236 valence electrons. The minimum atomic E-state index is -0.405. The molecule has 1 aliphatic heterocycles. The largest absolute Gasteiger partial charge is 0.383 e. The number of rotatable bonds is 7. The molecule has 0 unspecified atom stereocenters. The van der Waals surface area contributed by atoms with Crippen LogP contribution in [0.4, 0.5) is 16.0 Å². The van der Waals surface area contributed by atoms with E-state index in [9.17, 15) is 4.39 Å². The number of anilines is 2. The van der Waals surface area contributed by atoms with Crippen molar-refractivity contribution < 1.29 is 4.39 Å². The molecule has 1 aromatic carbocycles. The molecule has 12 heteroatoms. The second-order valence-electron chi connectivity index (χ2n) is 10.8. The Kier molecular flexibility index (Phi) is 9.36. The van der Waals surface area contributed by atoms with Gasteiger partial charge < -0.3 is 11.1 Å². The van der Waals surface area contributed by atoms with E-state index < -0.39 is 5.82 Å². The third-order valence-electron chi connectivity index (χ3n) is 7.87. The molecular weight excluding hydrogens is 593 g/mol. The highest BCUT2D eigenvalue weighted by atomic mass is 19.1. The summed E-state index contributed by atoms with van der Waals surface area (Å²) in [5.74, 6) is 1.44. The monoisotopic (exact) mass is 627 g/mol. The first-order valence-electron chi connectivity index (χ1n) is 15.6. The molecule has 0 bridgehead atoms. The maximum Gasteiger partial charge on any atom is 0.234 e. The van der Waals surface area contributed by atoms with Crippen LogP contribution >= 0.6 is 0 Å². The van der Waals surface area contributed by atoms with Crippen molar-refractivity contribution in [2.75, 3.05) is 24.1 Å². The van der Waals surface area contributed by atoms with Crippen LogP contribution in [-0.2, 0) is 6.54 Å². The standard InChI is InChI=1S/C33H28FN11.C2H6/c34-22-5-8-26(39-19-22)27-9-10-28-33(41-27)45(32(42-28)25-2-1-14-38-31(25)36)24-6-3-21(4-7-24)20-44-16-12-23(13-17-44)40-29-11-15-37-30(18-35)43-29;1-2/h1-11,14-15,19,23H,12-13,16-17,20H2,(H2,36,38)(H,37,40,43);1-2H3. The van der Waals surface area contributed by atoms with Gasteiger partial charge in [-0.2, -0.15) is 5.26 Å². The number of nitrogen functional groups attached to an aromatic ring is 1. The summed E-state index contributed by atoms with van der Waals surface area (Å²) in [6.07, 6.45) is 6.37. The zero-order chi connectivity index (χ0) is 32.8. The van der Waals surface area contributed by atoms with Crippen molar-refractivity contribution in [1.82, 2.24) is 39.4 Å². The second kappa shape index (κ2) is 14.1. The van der Waals surface area contributed by atoms with Gasteiger partial charge in [0.25, 0.3) is 0 Å². The molecule has 0 spiro atoms. The van der Waals surface area contributed by atoms with Gasteiger partial charge in [0.15, 0.2) is 11.5 Å². The van der Waals surface area contributed by atoms with E-state index in [4.69, 9.17) is 21.0 Å². The van der Waals surface area contributed by atoms with E-state index in [2.05, 4.69) is 54.4 Å². The van der Waals surface area contributed by atoms with Gasteiger partial charge in [-0.15, -0.1) is 0 Å². The maximum atomic E-state index is 13.5. The first-order valence-corrected chi connectivity index (χ1v) is 15.6. The van der Waals surface area contributed by atoms with E-state index in [1.165, 1.54) is 17.8 Å². The van der Waals surface area contributed by atoms with Crippen LogP contribution in [0.25, 0.3) is 39.6 Å². The first-order chi connectivity index (χ1) is 23.0. The summed E-state index contributed by atoms with van der Waals surface area (Å²) in [5, 5.41) is 12.5. The van der Waals surface area contributed by atoms with Crippen molar-refractivity contribution in [3.8, 4) is 34.5 Å². The van der Waals surface area contributed by atoms with E-state index in [-0.39, 0.29) is 5.82 Å². The van der Waals surface area contributed by atoms with Gasteiger partial charge in [-0.25, -0.2) is 29.3 Å². The fourth-order valence-corrected chi connectivity index (χ4v) is 5.61. The van der Waals surface area contributed by atoms with Gasteiger partial charge in [-0.1, -0.05) is 26.0 Å². The van der Waals surface area contributed by atoms with E-state index in [0.717, 1.165) is 38.2 Å². The number of nitrogens with zero attached hydrogens (tertiary/aromatic N) is 9. The number of piperidine rings is 1. The molecule has 6 aromatic rings. The van der Waals surface area contributed by atoms with E-state index >= 15 is 0 Å². The quantitative estimate of drug-likeness (QED) is 0.215. The molecular formula is C35H34FN11. The molecule has 0 aliphatic carbocycles. The van der Waals surface area contributed by atoms with Crippen LogP contribution in [0.15, 0.2) is 85.3 Å². The molecule has 47 heavy (non-hydrogen) atoms. The smallest absolute Gasteiger partial charge is 0.234 e. The van der Waals surface area contributed by atoms with Gasteiger partial charge in [0.1, 0.15) is 29.0 Å². The summed E-state index contributed by atoms with van der Waals surface area (Å²) in [6.45, 7) is 6.71. The Morgan fingerprint density at radius 3 is 2.40 bits per heavy atom. The van der Waals surface area contributed by atoms with Crippen molar-refractivity contribution in [2.45, 2.75) is 39.3 Å². The zero-order valence-corrected chi connectivity index (χ0v) is 26.2. The minimum Gasteiger partial charge on any atom is -0.383 e. The van der Waals surface area contributed by atoms with Crippen molar-refractivity contribution in [1.29, 1.82) is 5.26 Å². The lowest BCUT2D eigenvalue weighted by atomic mass is 10.0. The summed E-state index contributed by atoms with van der Waals surface area (Å²) in [7, 11) is 0. The molecule has 7 rings (SSSR count). The van der Waals surface area contributed by atoms with Crippen molar-refractivity contribution in [3.63, 3.8) is 0 Å². The van der Waals surface area contributed by atoms with Crippen molar-refractivity contribution in [3.05, 3.63) is 103 Å². The first kappa shape index (κ1) is 31.2. The fourth-order valence-electron chi connectivity index (χ4n) is 5.61. The van der Waals surface area contributed by atoms with Crippen LogP contribution in [0.3, 0.4) is 0 Å². The minimum absolute atomic E-state index is 0.168. The number of likely N-dealkylation sites (tertiary alicyclic amines) is 1. The molecule has 11 nitrogen and oxygen atoms in total. The van der Waals surface area contributed by atoms with E-state index in [1.807, 2.05) is 48.7 Å². The highest BCUT2D eigenvalue weighted by molar-refractivity contribution is 5.84. The topological polar surface area (TPSA) is 147 Å². The van der Waals surface area contributed by atoms with Crippen LogP contribution in [0.5, 0.6) is 0 Å². The van der Waals surface area contributed by atoms with Crippen LogP contribution in [0.1, 0.15) is 38.1 Å². The van der Waals surface area contributed by atoms with Crippen LogP contribution in [-0.4, -0.2) is 58.5 Å². The highest BCUT2D eigenvalue weighted by Gasteiger charge is 2.21. The lowest BCUT2D eigenvalue weighted by Crippen LogP contribution is -2.38. The SMILES string of the molecule is CC.N#Cc1nccc(NC2CCN(Cc3ccc(-n4c(-c5cccnc5N)nc5ccc(-c6ccc(F)cn6)nc54)cc3)CC2)n1. The molecule has 0 atom stereocenters. The molecule has 0 radical (unpaired) electrons. The Morgan fingerprint density at radius 1 is 0.894 bits per heavy atom. The highest BCUT2D eigenvalue weighted by Crippen LogP contribution is 2.31. The number of hydrogen-bond donors (Lipinski definition) is 2. The summed E-state index contributed by atoms with van der Waals surface area (Å²) < 4.78 is 15.5. The Hall–Kier alpha value is -5.80. The number of nitrogens with one attached hydrogen (secondary N) is 1. The van der Waals surface area contributed by atoms with Gasteiger partial charge in [0, 0.05) is 43.8 Å². The van der Waals surface area contributed by atoms with Gasteiger partial charge in [0.05, 0.1) is 23.1 Å². The van der Waals surface area contributed by atoms with Crippen molar-refractivity contribution in [2.24, 2.45) is 0 Å². The molecule has 1 aliphatic rings. The van der Waals surface area contributed by atoms with Gasteiger partial charge in [-0.05, 0) is 73.0 Å². The number of hydrogen-bond acceptors (Lipinski definition) is 10. The molecule has 1 fully saturated rings. The van der Waals surface area contributed by atoms with E-state index in [1.54, 1.807) is 24.5 Å². The average molecular weight is 628 g/mol. The predicted octanol–water partition coefficient (Wildman–Crippen LogP) is 6.03. The van der Waals surface area contributed by atoms with Gasteiger partial charge >= 0.3 is 0 Å². The Labute approximate surface area is 272 Å². The average Bonchev–Trinajstić information content (AvgIpc) is 3.49.